The highest BCUT2D eigenvalue weighted by Gasteiger charge is 2.14. The third kappa shape index (κ3) is 3.33. The number of benzene rings is 2. The Bertz CT molecular complexity index is 947. The van der Waals surface area contributed by atoms with Gasteiger partial charge in [-0.2, -0.15) is 0 Å². The van der Waals surface area contributed by atoms with Crippen molar-refractivity contribution >= 4 is 50.1 Å². The first-order valence-corrected chi connectivity index (χ1v) is 8.11. The number of fused-ring (bicyclic) bond motifs is 1. The Kier molecular flexibility index (Phi) is 4.40. The number of nitrogens with one attached hydrogen (secondary N) is 2. The largest absolute Gasteiger partial charge is 0.450 e. The Morgan fingerprint density at radius 3 is 2.58 bits per heavy atom. The van der Waals surface area contributed by atoms with Crippen molar-refractivity contribution in [2.75, 3.05) is 10.6 Å². The molecule has 0 unspecified atom stereocenters. The summed E-state index contributed by atoms with van der Waals surface area (Å²) >= 11 is 3.40. The van der Waals surface area contributed by atoms with Crippen LogP contribution >= 0.6 is 15.9 Å². The van der Waals surface area contributed by atoms with Crippen molar-refractivity contribution in [1.29, 1.82) is 0 Å². The van der Waals surface area contributed by atoms with Gasteiger partial charge < -0.3 is 15.1 Å². The van der Waals surface area contributed by atoms with E-state index in [1.54, 1.807) is 18.2 Å². The Morgan fingerprint density at radius 2 is 1.88 bits per heavy atom. The van der Waals surface area contributed by atoms with Crippen molar-refractivity contribution in [2.24, 2.45) is 0 Å². The Labute approximate surface area is 147 Å². The smallest absolute Gasteiger partial charge is 0.291 e. The number of amides is 2. The molecule has 2 aromatic carbocycles. The van der Waals surface area contributed by atoms with Gasteiger partial charge >= 0.3 is 0 Å². The molecule has 0 bridgehead atoms. The number of hydrogen-bond donors (Lipinski definition) is 2. The van der Waals surface area contributed by atoms with Crippen LogP contribution < -0.4 is 10.6 Å². The van der Waals surface area contributed by atoms with Crippen LogP contribution in [0.4, 0.5) is 11.4 Å². The van der Waals surface area contributed by atoms with E-state index in [4.69, 9.17) is 4.42 Å². The maximum atomic E-state index is 12.4. The molecule has 24 heavy (non-hydrogen) atoms. The summed E-state index contributed by atoms with van der Waals surface area (Å²) in [6.07, 6.45) is 0. The summed E-state index contributed by atoms with van der Waals surface area (Å²) in [6.45, 7) is 3.32. The van der Waals surface area contributed by atoms with E-state index in [2.05, 4.69) is 26.6 Å². The number of aryl methyl sites for hydroxylation is 1. The summed E-state index contributed by atoms with van der Waals surface area (Å²) < 4.78 is 6.42. The molecule has 0 aliphatic carbocycles. The van der Waals surface area contributed by atoms with Crippen molar-refractivity contribution in [3.63, 3.8) is 0 Å². The number of hydrogen-bond acceptors (Lipinski definition) is 3. The zero-order valence-corrected chi connectivity index (χ0v) is 14.7. The highest BCUT2D eigenvalue weighted by Crippen LogP contribution is 2.28. The molecule has 0 aliphatic rings. The van der Waals surface area contributed by atoms with E-state index in [0.29, 0.717) is 17.0 Å². The van der Waals surface area contributed by atoms with Gasteiger partial charge in [0, 0.05) is 23.7 Å². The fourth-order valence-corrected chi connectivity index (χ4v) is 2.82. The molecule has 0 spiro atoms. The second-order valence-corrected chi connectivity index (χ2v) is 6.29. The summed E-state index contributed by atoms with van der Waals surface area (Å²) in [6, 6.07) is 12.6. The number of carbonyl (C=O) groups is 2. The Hall–Kier alpha value is -2.60. The van der Waals surface area contributed by atoms with E-state index in [9.17, 15) is 9.59 Å². The number of anilines is 2. The van der Waals surface area contributed by atoms with Crippen LogP contribution in [-0.2, 0) is 4.79 Å². The molecule has 2 amide bonds. The quantitative estimate of drug-likeness (QED) is 0.684. The summed E-state index contributed by atoms with van der Waals surface area (Å²) in [5, 5.41) is 6.36. The first-order valence-electron chi connectivity index (χ1n) is 7.31. The lowest BCUT2D eigenvalue weighted by atomic mass is 10.1. The van der Waals surface area contributed by atoms with Crippen LogP contribution in [0.15, 0.2) is 51.4 Å². The molecule has 122 valence electrons. The zero-order chi connectivity index (χ0) is 17.3. The van der Waals surface area contributed by atoms with Gasteiger partial charge in [0.1, 0.15) is 5.58 Å². The third-order valence-electron chi connectivity index (χ3n) is 3.53. The molecule has 2 N–H and O–H groups in total. The van der Waals surface area contributed by atoms with Crippen LogP contribution in [0.5, 0.6) is 0 Å². The van der Waals surface area contributed by atoms with Crippen molar-refractivity contribution < 1.29 is 14.0 Å². The lowest BCUT2D eigenvalue weighted by Gasteiger charge is -2.09. The van der Waals surface area contributed by atoms with Crippen molar-refractivity contribution in [2.45, 2.75) is 13.8 Å². The minimum atomic E-state index is -0.351. The number of halogens is 1. The molecule has 6 heteroatoms. The minimum Gasteiger partial charge on any atom is -0.450 e. The van der Waals surface area contributed by atoms with Crippen LogP contribution in [0.25, 0.3) is 11.0 Å². The van der Waals surface area contributed by atoms with Crippen molar-refractivity contribution in [3.8, 4) is 0 Å². The van der Waals surface area contributed by atoms with Gasteiger partial charge in [-0.25, -0.2) is 0 Å². The van der Waals surface area contributed by atoms with E-state index in [0.717, 1.165) is 15.4 Å². The predicted molar refractivity (Wildman–Crippen MR) is 97.3 cm³/mol. The predicted octanol–water partition coefficient (Wildman–Crippen LogP) is 4.71. The molecule has 3 rings (SSSR count). The first-order chi connectivity index (χ1) is 11.4. The molecule has 0 saturated carbocycles. The molecule has 1 heterocycles. The molecular weight excluding hydrogens is 372 g/mol. The normalized spacial score (nSPS) is 10.6. The SMILES string of the molecule is CC(=O)Nc1cc(NC(=O)c2cc3cccc(Br)c3o2)ccc1C. The fourth-order valence-electron chi connectivity index (χ4n) is 2.36. The van der Waals surface area contributed by atoms with E-state index in [1.165, 1.54) is 6.92 Å². The van der Waals surface area contributed by atoms with Crippen LogP contribution in [0.3, 0.4) is 0 Å². The van der Waals surface area contributed by atoms with Gasteiger partial charge in [0.25, 0.3) is 5.91 Å². The lowest BCUT2D eigenvalue weighted by Crippen LogP contribution is -2.12. The lowest BCUT2D eigenvalue weighted by molar-refractivity contribution is -0.114. The summed E-state index contributed by atoms with van der Waals surface area (Å²) in [5.41, 5.74) is 2.78. The average Bonchev–Trinajstić information content (AvgIpc) is 2.96. The second kappa shape index (κ2) is 6.49. The maximum Gasteiger partial charge on any atom is 0.291 e. The van der Waals surface area contributed by atoms with Crippen molar-refractivity contribution in [3.05, 3.63) is 58.3 Å². The molecule has 0 aliphatic heterocycles. The monoisotopic (exact) mass is 386 g/mol. The van der Waals surface area contributed by atoms with Gasteiger partial charge in [-0.1, -0.05) is 18.2 Å². The molecule has 0 atom stereocenters. The summed E-state index contributed by atoms with van der Waals surface area (Å²) in [7, 11) is 0. The van der Waals surface area contributed by atoms with E-state index < -0.39 is 0 Å². The zero-order valence-electron chi connectivity index (χ0n) is 13.1. The van der Waals surface area contributed by atoms with Gasteiger partial charge in [0.05, 0.1) is 4.47 Å². The summed E-state index contributed by atoms with van der Waals surface area (Å²) in [4.78, 5) is 23.6. The van der Waals surface area contributed by atoms with E-state index in [-0.39, 0.29) is 17.6 Å². The Balaban J connectivity index is 1.86. The average molecular weight is 387 g/mol. The molecule has 5 nitrogen and oxygen atoms in total. The topological polar surface area (TPSA) is 71.3 Å². The van der Waals surface area contributed by atoms with Gasteiger partial charge in [-0.15, -0.1) is 0 Å². The van der Waals surface area contributed by atoms with E-state index >= 15 is 0 Å². The van der Waals surface area contributed by atoms with Gasteiger partial charge in [-0.3, -0.25) is 9.59 Å². The van der Waals surface area contributed by atoms with Crippen LogP contribution in [0.1, 0.15) is 23.0 Å². The van der Waals surface area contributed by atoms with Gasteiger partial charge in [-0.05, 0) is 52.7 Å². The first kappa shape index (κ1) is 16.3. The molecular formula is C18H15BrN2O3. The van der Waals surface area contributed by atoms with Gasteiger partial charge in [0.15, 0.2) is 5.76 Å². The van der Waals surface area contributed by atoms with E-state index in [1.807, 2.05) is 31.2 Å². The van der Waals surface area contributed by atoms with Crippen LogP contribution in [0.2, 0.25) is 0 Å². The highest BCUT2D eigenvalue weighted by atomic mass is 79.9. The van der Waals surface area contributed by atoms with Crippen molar-refractivity contribution in [1.82, 2.24) is 0 Å². The molecule has 0 fully saturated rings. The minimum absolute atomic E-state index is 0.163. The van der Waals surface area contributed by atoms with Gasteiger partial charge in [0.2, 0.25) is 5.91 Å². The van der Waals surface area contributed by atoms with Crippen LogP contribution in [-0.4, -0.2) is 11.8 Å². The molecule has 1 aromatic heterocycles. The highest BCUT2D eigenvalue weighted by molar-refractivity contribution is 9.10. The Morgan fingerprint density at radius 1 is 1.08 bits per heavy atom. The fraction of sp³-hybridized carbons (Fsp3) is 0.111. The standard InChI is InChI=1S/C18H15BrN2O3/c1-10-6-7-13(9-15(10)20-11(2)22)21-18(23)16-8-12-4-3-5-14(19)17(12)24-16/h3-9H,1-2H3,(H,20,22)(H,21,23). The molecule has 0 radical (unpaired) electrons. The maximum absolute atomic E-state index is 12.4. The molecule has 3 aromatic rings. The molecule has 0 saturated heterocycles. The number of carbonyl (C=O) groups excluding carboxylic acids is 2. The number of furan rings is 1. The number of para-hydroxylation sites is 1. The second-order valence-electron chi connectivity index (χ2n) is 5.43. The number of rotatable bonds is 3. The third-order valence-corrected chi connectivity index (χ3v) is 4.15. The van der Waals surface area contributed by atoms with Crippen LogP contribution in [0, 0.1) is 6.92 Å². The summed E-state index contributed by atoms with van der Waals surface area (Å²) in [5.74, 6) is -0.294.